The molecule has 1 saturated carbocycles. The Hall–Kier alpha value is -4.17. The van der Waals surface area contributed by atoms with E-state index < -0.39 is 17.6 Å². The Kier molecular flexibility index (Phi) is 7.98. The molecular weight excluding hydrogens is 530 g/mol. The van der Waals surface area contributed by atoms with E-state index in [0.717, 1.165) is 53.5 Å². The van der Waals surface area contributed by atoms with Gasteiger partial charge in [-0.05, 0) is 47.1 Å². The van der Waals surface area contributed by atoms with Crippen molar-refractivity contribution in [2.75, 3.05) is 26.2 Å². The molecule has 218 valence electrons. The molecule has 6 rings (SSSR count). The number of nitrogens with one attached hydrogen (secondary N) is 1. The molecule has 2 N–H and O–H groups in total. The summed E-state index contributed by atoms with van der Waals surface area (Å²) in [5.74, 6) is -1.48. The van der Waals surface area contributed by atoms with Crippen LogP contribution in [0.15, 0.2) is 78.9 Å². The van der Waals surface area contributed by atoms with Crippen molar-refractivity contribution in [3.63, 3.8) is 0 Å². The maximum absolute atomic E-state index is 14.3. The summed E-state index contributed by atoms with van der Waals surface area (Å²) in [7, 11) is 0. The first-order valence-electron chi connectivity index (χ1n) is 14.9. The van der Waals surface area contributed by atoms with Gasteiger partial charge in [-0.1, -0.05) is 91.7 Å². The molecule has 1 heterocycles. The maximum Gasteiger partial charge on any atom is 0.408 e. The number of carbonyl (C=O) groups excluding carboxylic acids is 2. The highest BCUT2D eigenvalue weighted by Gasteiger charge is 2.50. The number of likely N-dealkylation sites (tertiary alicyclic amines) is 1. The van der Waals surface area contributed by atoms with E-state index in [0.29, 0.717) is 19.5 Å². The molecule has 42 heavy (non-hydrogen) atoms. The summed E-state index contributed by atoms with van der Waals surface area (Å²) in [6, 6.07) is 26.2. The summed E-state index contributed by atoms with van der Waals surface area (Å²) in [4.78, 5) is 43.2. The summed E-state index contributed by atoms with van der Waals surface area (Å²) >= 11 is 0. The third-order valence-electron chi connectivity index (χ3n) is 9.02. The third-order valence-corrected chi connectivity index (χ3v) is 9.02. The number of alkyl carbamates (subject to hydrolysis) is 1. The quantitative estimate of drug-likeness (QED) is 0.377. The summed E-state index contributed by atoms with van der Waals surface area (Å²) in [5, 5.41) is 12.7. The van der Waals surface area contributed by atoms with Crippen LogP contribution in [0.3, 0.4) is 0 Å². The number of rotatable bonds is 9. The van der Waals surface area contributed by atoms with E-state index in [1.54, 1.807) is 0 Å². The van der Waals surface area contributed by atoms with Crippen LogP contribution in [0.1, 0.15) is 54.7 Å². The molecule has 3 aromatic rings. The third kappa shape index (κ3) is 5.63. The molecule has 2 fully saturated rings. The van der Waals surface area contributed by atoms with Crippen LogP contribution in [0, 0.1) is 0 Å². The summed E-state index contributed by atoms with van der Waals surface area (Å²) in [6.45, 7) is 1.27. The zero-order valence-electron chi connectivity index (χ0n) is 23.7. The van der Waals surface area contributed by atoms with Crippen LogP contribution in [-0.2, 0) is 20.9 Å². The number of carbonyl (C=O) groups is 3. The van der Waals surface area contributed by atoms with Crippen molar-refractivity contribution >= 4 is 18.0 Å². The number of hydrogen-bond donors (Lipinski definition) is 2. The lowest BCUT2D eigenvalue weighted by Crippen LogP contribution is -2.63. The van der Waals surface area contributed by atoms with Crippen molar-refractivity contribution in [1.29, 1.82) is 0 Å². The van der Waals surface area contributed by atoms with Gasteiger partial charge in [-0.2, -0.15) is 0 Å². The van der Waals surface area contributed by atoms with Gasteiger partial charge in [-0.3, -0.25) is 14.5 Å². The van der Waals surface area contributed by atoms with Gasteiger partial charge >= 0.3 is 12.1 Å². The number of carboxylic acids is 1. The lowest BCUT2D eigenvalue weighted by molar-refractivity contribution is -0.149. The fourth-order valence-electron chi connectivity index (χ4n) is 7.03. The first-order valence-corrected chi connectivity index (χ1v) is 14.9. The zero-order valence-corrected chi connectivity index (χ0v) is 23.7. The van der Waals surface area contributed by atoms with Crippen molar-refractivity contribution < 1.29 is 24.2 Å². The van der Waals surface area contributed by atoms with Crippen LogP contribution in [0.4, 0.5) is 4.79 Å². The van der Waals surface area contributed by atoms with Crippen LogP contribution >= 0.6 is 0 Å². The Morgan fingerprint density at radius 1 is 0.905 bits per heavy atom. The van der Waals surface area contributed by atoms with E-state index in [9.17, 15) is 19.5 Å². The molecule has 8 heteroatoms. The molecule has 0 radical (unpaired) electrons. The number of carboxylic acid groups (broad SMARTS) is 1. The molecule has 0 bridgehead atoms. The number of nitrogens with zero attached hydrogens (tertiary/aromatic N) is 2. The molecule has 1 atom stereocenters. The lowest BCUT2D eigenvalue weighted by Gasteiger charge is -2.37. The molecule has 1 aliphatic heterocycles. The topological polar surface area (TPSA) is 99.2 Å². The van der Waals surface area contributed by atoms with Crippen LogP contribution in [0.25, 0.3) is 11.1 Å². The molecule has 3 aromatic carbocycles. The number of hydrogen-bond acceptors (Lipinski definition) is 5. The molecule has 1 saturated heterocycles. The predicted octanol–water partition coefficient (Wildman–Crippen LogP) is 5.03. The van der Waals surface area contributed by atoms with Gasteiger partial charge in [0.25, 0.3) is 5.91 Å². The Morgan fingerprint density at radius 3 is 2.17 bits per heavy atom. The fourth-order valence-corrected chi connectivity index (χ4v) is 7.03. The smallest absolute Gasteiger partial charge is 0.408 e. The normalized spacial score (nSPS) is 20.2. The number of ether oxygens (including phenoxy) is 1. The zero-order chi connectivity index (χ0) is 29.1. The van der Waals surface area contributed by atoms with Gasteiger partial charge in [-0.15, -0.1) is 0 Å². The Morgan fingerprint density at radius 2 is 1.52 bits per heavy atom. The molecule has 0 spiro atoms. The minimum atomic E-state index is -1.27. The second kappa shape index (κ2) is 12.0. The Balaban J connectivity index is 1.22. The van der Waals surface area contributed by atoms with Crippen molar-refractivity contribution in [3.05, 3.63) is 95.6 Å². The maximum atomic E-state index is 14.3. The van der Waals surface area contributed by atoms with Gasteiger partial charge in [0.15, 0.2) is 0 Å². The molecule has 8 nitrogen and oxygen atoms in total. The number of aliphatic carboxylic acids is 1. The molecule has 1 unspecified atom stereocenters. The van der Waals surface area contributed by atoms with E-state index in [1.807, 2.05) is 54.6 Å². The minimum Gasteiger partial charge on any atom is -0.480 e. The second-order valence-electron chi connectivity index (χ2n) is 11.7. The van der Waals surface area contributed by atoms with Gasteiger partial charge in [0.2, 0.25) is 0 Å². The molecule has 3 aliphatic rings. The fraction of sp³-hybridized carbons (Fsp3) is 0.382. The minimum absolute atomic E-state index is 0.102. The van der Waals surface area contributed by atoms with E-state index in [2.05, 4.69) is 34.5 Å². The first-order chi connectivity index (χ1) is 20.4. The lowest BCUT2D eigenvalue weighted by atomic mass is 9.95. The van der Waals surface area contributed by atoms with Crippen molar-refractivity contribution in [1.82, 2.24) is 15.1 Å². The van der Waals surface area contributed by atoms with Gasteiger partial charge in [-0.25, -0.2) is 4.79 Å². The largest absolute Gasteiger partial charge is 0.480 e. The first kappa shape index (κ1) is 28.0. The van der Waals surface area contributed by atoms with E-state index >= 15 is 0 Å². The van der Waals surface area contributed by atoms with E-state index in [-0.39, 0.29) is 37.6 Å². The van der Waals surface area contributed by atoms with Crippen LogP contribution in [-0.4, -0.2) is 70.7 Å². The van der Waals surface area contributed by atoms with Gasteiger partial charge in [0, 0.05) is 31.6 Å². The molecular formula is C34H37N3O5. The van der Waals surface area contributed by atoms with Gasteiger partial charge < -0.3 is 20.1 Å². The van der Waals surface area contributed by atoms with E-state index in [1.165, 1.54) is 4.90 Å². The van der Waals surface area contributed by atoms with Gasteiger partial charge in [0.1, 0.15) is 18.7 Å². The Labute approximate surface area is 246 Å². The molecule has 0 aromatic heterocycles. The number of amides is 2. The van der Waals surface area contributed by atoms with Crippen molar-refractivity contribution in [2.45, 2.75) is 56.1 Å². The average molecular weight is 568 g/mol. The number of benzene rings is 3. The van der Waals surface area contributed by atoms with Crippen LogP contribution in [0.2, 0.25) is 0 Å². The predicted molar refractivity (Wildman–Crippen MR) is 159 cm³/mol. The summed E-state index contributed by atoms with van der Waals surface area (Å²) < 4.78 is 5.86. The van der Waals surface area contributed by atoms with Gasteiger partial charge in [0.05, 0.1) is 0 Å². The highest BCUT2D eigenvalue weighted by Crippen LogP contribution is 2.44. The highest BCUT2D eigenvalue weighted by molar-refractivity contribution is 5.93. The number of fused-ring (bicyclic) bond motifs is 3. The summed E-state index contributed by atoms with van der Waals surface area (Å²) in [6.07, 6.45) is 3.18. The van der Waals surface area contributed by atoms with Crippen LogP contribution < -0.4 is 5.32 Å². The SMILES string of the molecule is O=C(O)CN(C(=O)C1(NC(=O)OCC2c3ccccc3-c3ccccc32)CCN(Cc2ccccc2)C1)C1CCCC1. The second-order valence-corrected chi connectivity index (χ2v) is 11.7. The molecule has 2 amide bonds. The molecule has 2 aliphatic carbocycles. The standard InChI is InChI=1S/C34H37N3O5/c38-31(39)21-37(25-12-4-5-13-25)32(40)34(18-19-36(23-34)20-24-10-2-1-3-11-24)35-33(41)42-22-30-28-16-8-6-14-26(28)27-15-7-9-17-29(27)30/h1-3,6-11,14-17,25,30H,4-5,12-13,18-23H2,(H,35,41)(H,38,39). The van der Waals surface area contributed by atoms with E-state index in [4.69, 9.17) is 4.74 Å². The van der Waals surface area contributed by atoms with Crippen LogP contribution in [0.5, 0.6) is 0 Å². The summed E-state index contributed by atoms with van der Waals surface area (Å²) in [5.41, 5.74) is 4.35. The highest BCUT2D eigenvalue weighted by atomic mass is 16.5. The van der Waals surface area contributed by atoms with Crippen molar-refractivity contribution in [2.24, 2.45) is 0 Å². The van der Waals surface area contributed by atoms with Crippen molar-refractivity contribution in [3.8, 4) is 11.1 Å². The average Bonchev–Trinajstić information content (AvgIpc) is 3.74. The Bertz CT molecular complexity index is 1410. The monoisotopic (exact) mass is 567 g/mol.